The van der Waals surface area contributed by atoms with Gasteiger partial charge >= 0.3 is 12.1 Å². The highest BCUT2D eigenvalue weighted by molar-refractivity contribution is 5.85. The highest BCUT2D eigenvalue weighted by atomic mass is 19.1. The van der Waals surface area contributed by atoms with Gasteiger partial charge in [-0.15, -0.1) is 0 Å². The number of ether oxygens (including phenoxy) is 3. The van der Waals surface area contributed by atoms with E-state index in [9.17, 15) is 14.0 Å². The van der Waals surface area contributed by atoms with Crippen LogP contribution in [0.25, 0.3) is 0 Å². The number of carbonyl (C=O) groups excluding carboxylic acids is 2. The van der Waals surface area contributed by atoms with Crippen LogP contribution in [0.15, 0.2) is 18.2 Å². The Bertz CT molecular complexity index is 626. The van der Waals surface area contributed by atoms with Crippen LogP contribution in [0.3, 0.4) is 0 Å². The summed E-state index contributed by atoms with van der Waals surface area (Å²) in [4.78, 5) is 23.5. The molecule has 1 aliphatic heterocycles. The molecule has 0 aliphatic carbocycles. The number of anilines is 1. The lowest BCUT2D eigenvalue weighted by atomic mass is 9.88. The van der Waals surface area contributed by atoms with Crippen molar-refractivity contribution in [1.29, 1.82) is 0 Å². The molecule has 0 radical (unpaired) electrons. The Kier molecular flexibility index (Phi) is 5.43. The van der Waals surface area contributed by atoms with Crippen molar-refractivity contribution in [3.63, 3.8) is 0 Å². The molecule has 0 saturated carbocycles. The second-order valence-corrected chi connectivity index (χ2v) is 6.64. The number of carbonyl (C=O) groups is 2. The van der Waals surface area contributed by atoms with Crippen LogP contribution < -0.4 is 5.32 Å². The minimum absolute atomic E-state index is 0.203. The molecule has 0 bridgehead atoms. The highest BCUT2D eigenvalue weighted by Crippen LogP contribution is 2.34. The number of amides is 1. The molecule has 6 nitrogen and oxygen atoms in total. The lowest BCUT2D eigenvalue weighted by Crippen LogP contribution is -2.27. The molecule has 1 heterocycles. The van der Waals surface area contributed by atoms with Gasteiger partial charge in [0.15, 0.2) is 0 Å². The fourth-order valence-electron chi connectivity index (χ4n) is 2.57. The van der Waals surface area contributed by atoms with Crippen LogP contribution in [-0.2, 0) is 19.0 Å². The number of rotatable bonds is 3. The zero-order valence-corrected chi connectivity index (χ0v) is 14.2. The maximum absolute atomic E-state index is 14.4. The molecular weight excluding hydrogens is 317 g/mol. The summed E-state index contributed by atoms with van der Waals surface area (Å²) in [6.07, 6.45) is -0.661. The SMILES string of the molecule is COC(=O)[C@@H]1COC[C@@H]1c1ccc(NC(=O)OC(C)(C)C)cc1F. The van der Waals surface area contributed by atoms with Crippen molar-refractivity contribution in [3.8, 4) is 0 Å². The van der Waals surface area contributed by atoms with E-state index in [0.29, 0.717) is 5.56 Å². The summed E-state index contributed by atoms with van der Waals surface area (Å²) in [5, 5.41) is 2.48. The molecule has 1 fully saturated rings. The van der Waals surface area contributed by atoms with Crippen LogP contribution >= 0.6 is 0 Å². The minimum Gasteiger partial charge on any atom is -0.469 e. The summed E-state index contributed by atoms with van der Waals surface area (Å²) < 4.78 is 29.6. The average Bonchev–Trinajstić information content (AvgIpc) is 2.93. The van der Waals surface area contributed by atoms with Crippen molar-refractivity contribution < 1.29 is 28.2 Å². The van der Waals surface area contributed by atoms with E-state index in [1.54, 1.807) is 26.8 Å². The van der Waals surface area contributed by atoms with Crippen molar-refractivity contribution in [1.82, 2.24) is 0 Å². The first kappa shape index (κ1) is 18.2. The van der Waals surface area contributed by atoms with Crippen LogP contribution in [0.4, 0.5) is 14.9 Å². The Morgan fingerprint density at radius 3 is 2.58 bits per heavy atom. The molecule has 0 aromatic heterocycles. The van der Waals surface area contributed by atoms with Gasteiger partial charge in [-0.1, -0.05) is 6.07 Å². The molecular formula is C17H22FNO5. The van der Waals surface area contributed by atoms with Crippen molar-refractivity contribution in [2.75, 3.05) is 25.6 Å². The zero-order chi connectivity index (χ0) is 17.9. The Morgan fingerprint density at radius 2 is 2.00 bits per heavy atom. The van der Waals surface area contributed by atoms with Gasteiger partial charge in [0.25, 0.3) is 0 Å². The van der Waals surface area contributed by atoms with Crippen LogP contribution in [0.1, 0.15) is 32.3 Å². The van der Waals surface area contributed by atoms with Gasteiger partial charge < -0.3 is 14.2 Å². The summed E-state index contributed by atoms with van der Waals surface area (Å²) in [6.45, 7) is 5.67. The molecule has 1 saturated heterocycles. The van der Waals surface area contributed by atoms with E-state index in [1.165, 1.54) is 19.2 Å². The highest BCUT2D eigenvalue weighted by Gasteiger charge is 2.37. The van der Waals surface area contributed by atoms with Gasteiger partial charge in [-0.2, -0.15) is 0 Å². The van der Waals surface area contributed by atoms with E-state index < -0.39 is 35.3 Å². The van der Waals surface area contributed by atoms with Gasteiger partial charge in [-0.3, -0.25) is 10.1 Å². The molecule has 2 atom stereocenters. The van der Waals surface area contributed by atoms with E-state index >= 15 is 0 Å². The first-order valence-electron chi connectivity index (χ1n) is 7.66. The summed E-state index contributed by atoms with van der Waals surface area (Å²) in [6, 6.07) is 4.30. The van der Waals surface area contributed by atoms with Crippen molar-refractivity contribution in [2.24, 2.45) is 5.92 Å². The molecule has 0 spiro atoms. The standard InChI is InChI=1S/C17H22FNO5/c1-17(2,3)24-16(21)19-10-5-6-11(14(18)7-10)12-8-23-9-13(12)15(20)22-4/h5-7,12-13H,8-9H2,1-4H3,(H,19,21)/t12-,13-/m1/s1. The van der Waals surface area contributed by atoms with Gasteiger partial charge in [0.1, 0.15) is 11.4 Å². The molecule has 1 N–H and O–H groups in total. The second kappa shape index (κ2) is 7.17. The Hall–Kier alpha value is -2.15. The van der Waals surface area contributed by atoms with Gasteiger partial charge in [-0.05, 0) is 38.5 Å². The normalized spacial score (nSPS) is 20.5. The van der Waals surface area contributed by atoms with Gasteiger partial charge in [0.2, 0.25) is 0 Å². The zero-order valence-electron chi connectivity index (χ0n) is 14.2. The molecule has 0 unspecified atom stereocenters. The maximum atomic E-state index is 14.4. The fraction of sp³-hybridized carbons (Fsp3) is 0.529. The Balaban J connectivity index is 2.12. The summed E-state index contributed by atoms with van der Waals surface area (Å²) >= 11 is 0. The number of methoxy groups -OCH3 is 1. The topological polar surface area (TPSA) is 73.9 Å². The number of hydrogen-bond acceptors (Lipinski definition) is 5. The van der Waals surface area contributed by atoms with E-state index in [-0.39, 0.29) is 18.9 Å². The molecule has 1 aromatic carbocycles. The molecule has 7 heteroatoms. The Labute approximate surface area is 140 Å². The van der Waals surface area contributed by atoms with Crippen LogP contribution in [-0.4, -0.2) is 38.0 Å². The van der Waals surface area contributed by atoms with Crippen molar-refractivity contribution >= 4 is 17.7 Å². The maximum Gasteiger partial charge on any atom is 0.412 e. The number of esters is 1. The lowest BCUT2D eigenvalue weighted by Gasteiger charge is -2.20. The largest absolute Gasteiger partial charge is 0.469 e. The predicted octanol–water partition coefficient (Wildman–Crippen LogP) is 3.08. The molecule has 1 aromatic rings. The lowest BCUT2D eigenvalue weighted by molar-refractivity contribution is -0.145. The molecule has 1 aliphatic rings. The number of hydrogen-bond donors (Lipinski definition) is 1. The first-order valence-corrected chi connectivity index (χ1v) is 7.66. The average molecular weight is 339 g/mol. The third-order valence-corrected chi connectivity index (χ3v) is 3.63. The van der Waals surface area contributed by atoms with Gasteiger partial charge in [0.05, 0.1) is 26.2 Å². The van der Waals surface area contributed by atoms with Crippen LogP contribution in [0.5, 0.6) is 0 Å². The number of halogens is 1. The monoisotopic (exact) mass is 339 g/mol. The van der Waals surface area contributed by atoms with Gasteiger partial charge in [0, 0.05) is 11.6 Å². The quantitative estimate of drug-likeness (QED) is 0.857. The number of nitrogens with one attached hydrogen (secondary N) is 1. The molecule has 1 amide bonds. The van der Waals surface area contributed by atoms with Crippen molar-refractivity contribution in [2.45, 2.75) is 32.3 Å². The predicted molar refractivity (Wildman–Crippen MR) is 85.3 cm³/mol. The van der Waals surface area contributed by atoms with Gasteiger partial charge in [-0.25, -0.2) is 9.18 Å². The summed E-state index contributed by atoms with van der Waals surface area (Å²) in [5.41, 5.74) is -0.00557. The van der Waals surface area contributed by atoms with E-state index in [1.807, 2.05) is 0 Å². The smallest absolute Gasteiger partial charge is 0.412 e. The first-order chi connectivity index (χ1) is 11.2. The van der Waals surface area contributed by atoms with Crippen molar-refractivity contribution in [3.05, 3.63) is 29.6 Å². The van der Waals surface area contributed by atoms with Crippen LogP contribution in [0, 0.1) is 11.7 Å². The van der Waals surface area contributed by atoms with E-state index in [4.69, 9.17) is 14.2 Å². The molecule has 2 rings (SSSR count). The second-order valence-electron chi connectivity index (χ2n) is 6.64. The third kappa shape index (κ3) is 4.44. The summed E-state index contributed by atoms with van der Waals surface area (Å²) in [7, 11) is 1.29. The Morgan fingerprint density at radius 1 is 1.29 bits per heavy atom. The summed E-state index contributed by atoms with van der Waals surface area (Å²) in [5.74, 6) is -1.89. The minimum atomic E-state index is -0.661. The van der Waals surface area contributed by atoms with Crippen LogP contribution in [0.2, 0.25) is 0 Å². The fourth-order valence-corrected chi connectivity index (χ4v) is 2.57. The molecule has 132 valence electrons. The van der Waals surface area contributed by atoms with E-state index in [0.717, 1.165) is 0 Å². The molecule has 24 heavy (non-hydrogen) atoms. The number of benzene rings is 1. The third-order valence-electron chi connectivity index (χ3n) is 3.63. The van der Waals surface area contributed by atoms with E-state index in [2.05, 4.69) is 5.32 Å².